The fraction of sp³-hybridized carbons (Fsp3) is 0.435. The number of alkyl carbamates (subject to hydrolysis) is 1. The normalized spacial score (nSPS) is 13.5. The fourth-order valence-corrected chi connectivity index (χ4v) is 6.39. The number of sulfone groups is 1. The summed E-state index contributed by atoms with van der Waals surface area (Å²) in [6.07, 6.45) is 3.79. The maximum atomic E-state index is 12.8. The van der Waals surface area contributed by atoms with Crippen molar-refractivity contribution in [2.24, 2.45) is 0 Å². The van der Waals surface area contributed by atoms with Crippen molar-refractivity contribution in [3.63, 3.8) is 0 Å². The van der Waals surface area contributed by atoms with Gasteiger partial charge >= 0.3 is 6.09 Å². The molecule has 2 aromatic rings. The molecule has 0 spiro atoms. The molecule has 3 rings (SSSR count). The molecular weight excluding hydrogens is 464 g/mol. The standard InChI is InChI=1S/C23H28N2O6S2/c1-2-31-23(28)25-21(27)20-17-12-7-4-8-13-18(17)32-22(20)24-19(26)14-9-15-33(29,30)16-10-5-3-6-11-16/h3,5-6,10-11H,2,4,7-9,12-15H2,1H3,(H,24,26)(H,25,27,28). The predicted octanol–water partition coefficient (Wildman–Crippen LogP) is 4.10. The van der Waals surface area contributed by atoms with Crippen LogP contribution in [0.15, 0.2) is 35.2 Å². The summed E-state index contributed by atoms with van der Waals surface area (Å²) in [6, 6.07) is 8.11. The largest absolute Gasteiger partial charge is 0.450 e. The molecule has 1 aromatic carbocycles. The van der Waals surface area contributed by atoms with Gasteiger partial charge in [0.2, 0.25) is 5.91 Å². The van der Waals surface area contributed by atoms with Gasteiger partial charge in [-0.25, -0.2) is 13.2 Å². The van der Waals surface area contributed by atoms with E-state index in [9.17, 15) is 22.8 Å². The Bertz CT molecular complexity index is 1110. The van der Waals surface area contributed by atoms with Gasteiger partial charge in [0.25, 0.3) is 5.91 Å². The van der Waals surface area contributed by atoms with E-state index in [1.165, 1.54) is 23.5 Å². The molecule has 1 aromatic heterocycles. The Morgan fingerprint density at radius 3 is 2.52 bits per heavy atom. The van der Waals surface area contributed by atoms with E-state index in [1.54, 1.807) is 25.1 Å². The number of carbonyl (C=O) groups is 3. The molecule has 2 N–H and O–H groups in total. The smallest absolute Gasteiger partial charge is 0.414 e. The number of imide groups is 1. The lowest BCUT2D eigenvalue weighted by molar-refractivity contribution is -0.116. The van der Waals surface area contributed by atoms with E-state index in [0.29, 0.717) is 17.0 Å². The first-order valence-corrected chi connectivity index (χ1v) is 13.5. The van der Waals surface area contributed by atoms with Crippen molar-refractivity contribution in [3.8, 4) is 0 Å². The molecule has 0 saturated heterocycles. The minimum absolute atomic E-state index is 0.00638. The average Bonchev–Trinajstić information content (AvgIpc) is 2.94. The summed E-state index contributed by atoms with van der Waals surface area (Å²) in [5, 5.41) is 5.39. The van der Waals surface area contributed by atoms with E-state index >= 15 is 0 Å². The highest BCUT2D eigenvalue weighted by molar-refractivity contribution is 7.91. The number of rotatable bonds is 8. The molecule has 1 aliphatic rings. The molecule has 178 valence electrons. The first kappa shape index (κ1) is 24.9. The van der Waals surface area contributed by atoms with Crippen molar-refractivity contribution in [3.05, 3.63) is 46.3 Å². The molecule has 33 heavy (non-hydrogen) atoms. The molecule has 1 aliphatic carbocycles. The molecular formula is C23H28N2O6S2. The third kappa shape index (κ3) is 6.64. The third-order valence-corrected chi connectivity index (χ3v) is 8.34. The number of anilines is 1. The first-order valence-electron chi connectivity index (χ1n) is 11.0. The van der Waals surface area contributed by atoms with E-state index in [4.69, 9.17) is 4.74 Å². The zero-order valence-electron chi connectivity index (χ0n) is 18.5. The van der Waals surface area contributed by atoms with Crippen LogP contribution in [0.4, 0.5) is 9.80 Å². The van der Waals surface area contributed by atoms with Gasteiger partial charge in [-0.15, -0.1) is 11.3 Å². The minimum Gasteiger partial charge on any atom is -0.450 e. The Hall–Kier alpha value is -2.72. The van der Waals surface area contributed by atoms with Gasteiger partial charge in [-0.2, -0.15) is 0 Å². The SMILES string of the molecule is CCOC(=O)NC(=O)c1c(NC(=O)CCCS(=O)(=O)c2ccccc2)sc2c1CCCCC2. The second kappa shape index (κ2) is 11.4. The number of fused-ring (bicyclic) bond motifs is 1. The lowest BCUT2D eigenvalue weighted by Crippen LogP contribution is -2.32. The Labute approximate surface area is 197 Å². The van der Waals surface area contributed by atoms with E-state index in [1.807, 2.05) is 0 Å². The average molecular weight is 493 g/mol. The van der Waals surface area contributed by atoms with E-state index < -0.39 is 21.8 Å². The molecule has 10 heteroatoms. The summed E-state index contributed by atoms with van der Waals surface area (Å²) in [6.45, 7) is 1.78. The van der Waals surface area contributed by atoms with Gasteiger partial charge in [0.1, 0.15) is 5.00 Å². The minimum atomic E-state index is -3.47. The molecule has 1 heterocycles. The predicted molar refractivity (Wildman–Crippen MR) is 126 cm³/mol. The van der Waals surface area contributed by atoms with Crippen LogP contribution < -0.4 is 10.6 Å². The summed E-state index contributed by atoms with van der Waals surface area (Å²) in [7, 11) is -3.47. The van der Waals surface area contributed by atoms with Crippen LogP contribution in [-0.2, 0) is 32.2 Å². The number of hydrogen-bond acceptors (Lipinski definition) is 7. The lowest BCUT2D eigenvalue weighted by atomic mass is 10.0. The molecule has 0 atom stereocenters. The van der Waals surface area contributed by atoms with Crippen LogP contribution in [0.1, 0.15) is 59.8 Å². The number of benzene rings is 1. The van der Waals surface area contributed by atoms with Crippen LogP contribution >= 0.6 is 11.3 Å². The Morgan fingerprint density at radius 1 is 1.06 bits per heavy atom. The highest BCUT2D eigenvalue weighted by atomic mass is 32.2. The Balaban J connectivity index is 1.69. The quantitative estimate of drug-likeness (QED) is 0.536. The summed E-state index contributed by atoms with van der Waals surface area (Å²) in [5.74, 6) is -1.13. The number of amides is 3. The molecule has 0 saturated carbocycles. The number of ether oxygens (including phenoxy) is 1. The summed E-state index contributed by atoms with van der Waals surface area (Å²) in [5.41, 5.74) is 1.16. The highest BCUT2D eigenvalue weighted by Gasteiger charge is 2.27. The number of thiophene rings is 1. The van der Waals surface area contributed by atoms with Gasteiger partial charge in [0.15, 0.2) is 9.84 Å². The lowest BCUT2D eigenvalue weighted by Gasteiger charge is -2.09. The van der Waals surface area contributed by atoms with E-state index in [2.05, 4.69) is 10.6 Å². The van der Waals surface area contributed by atoms with Crippen molar-refractivity contribution in [2.45, 2.75) is 56.8 Å². The number of aryl methyl sites for hydroxylation is 1. The Kier molecular flexibility index (Phi) is 8.62. The van der Waals surface area contributed by atoms with Gasteiger partial charge < -0.3 is 10.1 Å². The van der Waals surface area contributed by atoms with Gasteiger partial charge in [-0.3, -0.25) is 14.9 Å². The van der Waals surface area contributed by atoms with Crippen LogP contribution in [0.2, 0.25) is 0 Å². The van der Waals surface area contributed by atoms with Crippen LogP contribution in [-0.4, -0.2) is 38.7 Å². The van der Waals surface area contributed by atoms with Gasteiger partial charge in [-0.05, 0) is 56.7 Å². The number of carbonyl (C=O) groups excluding carboxylic acids is 3. The van der Waals surface area contributed by atoms with Crippen molar-refractivity contribution in [1.29, 1.82) is 0 Å². The van der Waals surface area contributed by atoms with E-state index in [-0.39, 0.29) is 36.0 Å². The summed E-state index contributed by atoms with van der Waals surface area (Å²) < 4.78 is 29.6. The molecule has 0 fully saturated rings. The molecule has 0 radical (unpaired) electrons. The monoisotopic (exact) mass is 492 g/mol. The Morgan fingerprint density at radius 2 is 1.79 bits per heavy atom. The van der Waals surface area contributed by atoms with Crippen LogP contribution in [0.5, 0.6) is 0 Å². The summed E-state index contributed by atoms with van der Waals surface area (Å²) in [4.78, 5) is 38.5. The first-order chi connectivity index (χ1) is 15.8. The van der Waals surface area contributed by atoms with Crippen LogP contribution in [0.3, 0.4) is 0 Å². The van der Waals surface area contributed by atoms with Crippen molar-refractivity contribution < 1.29 is 27.5 Å². The number of nitrogens with one attached hydrogen (secondary N) is 2. The third-order valence-electron chi connectivity index (χ3n) is 5.31. The van der Waals surface area contributed by atoms with Crippen LogP contribution in [0, 0.1) is 0 Å². The molecule has 0 unspecified atom stereocenters. The van der Waals surface area contributed by atoms with Crippen molar-refractivity contribution in [2.75, 3.05) is 17.7 Å². The molecule has 0 aliphatic heterocycles. The van der Waals surface area contributed by atoms with Crippen molar-refractivity contribution in [1.82, 2.24) is 5.32 Å². The van der Waals surface area contributed by atoms with Gasteiger partial charge in [0.05, 0.1) is 22.8 Å². The molecule has 3 amide bonds. The van der Waals surface area contributed by atoms with Gasteiger partial charge in [0, 0.05) is 11.3 Å². The maximum absolute atomic E-state index is 12.8. The second-order valence-corrected chi connectivity index (χ2v) is 10.9. The maximum Gasteiger partial charge on any atom is 0.414 e. The van der Waals surface area contributed by atoms with Crippen molar-refractivity contribution >= 4 is 44.1 Å². The fourth-order valence-electron chi connectivity index (χ4n) is 3.75. The number of hydrogen-bond donors (Lipinski definition) is 2. The molecule has 0 bridgehead atoms. The zero-order chi connectivity index (χ0) is 23.8. The zero-order valence-corrected chi connectivity index (χ0v) is 20.1. The summed E-state index contributed by atoms with van der Waals surface area (Å²) >= 11 is 1.35. The molecule has 8 nitrogen and oxygen atoms in total. The topological polar surface area (TPSA) is 119 Å². The second-order valence-electron chi connectivity index (χ2n) is 7.73. The van der Waals surface area contributed by atoms with Crippen LogP contribution in [0.25, 0.3) is 0 Å². The van der Waals surface area contributed by atoms with Gasteiger partial charge in [-0.1, -0.05) is 24.6 Å². The van der Waals surface area contributed by atoms with E-state index in [0.717, 1.165) is 36.1 Å². The highest BCUT2D eigenvalue weighted by Crippen LogP contribution is 2.37.